The zero-order chi connectivity index (χ0) is 14.8. The van der Waals surface area contributed by atoms with Crippen LogP contribution in [0.1, 0.15) is 5.56 Å². The lowest BCUT2D eigenvalue weighted by molar-refractivity contribution is 0.940. The van der Waals surface area contributed by atoms with Crippen molar-refractivity contribution in [2.24, 2.45) is 0 Å². The summed E-state index contributed by atoms with van der Waals surface area (Å²) in [6.07, 6.45) is 1.52. The van der Waals surface area contributed by atoms with E-state index in [4.69, 9.17) is 11.6 Å². The number of aryl methyl sites for hydroxylation is 1. The highest BCUT2D eigenvalue weighted by molar-refractivity contribution is 6.32. The first-order chi connectivity index (χ1) is 10.2. The van der Waals surface area contributed by atoms with E-state index in [0.717, 1.165) is 11.1 Å². The molecule has 21 heavy (non-hydrogen) atoms. The first kappa shape index (κ1) is 13.6. The van der Waals surface area contributed by atoms with Crippen LogP contribution in [0, 0.1) is 6.92 Å². The minimum absolute atomic E-state index is 0.153. The highest BCUT2D eigenvalue weighted by atomic mass is 35.5. The molecule has 0 saturated heterocycles. The molecule has 0 amide bonds. The number of hydrogen-bond donors (Lipinski definition) is 0. The summed E-state index contributed by atoms with van der Waals surface area (Å²) in [5, 5.41) is 0.530. The Bertz CT molecular complexity index is 821. The fourth-order valence-electron chi connectivity index (χ4n) is 2.32. The van der Waals surface area contributed by atoms with E-state index >= 15 is 0 Å². The number of rotatable bonds is 2. The van der Waals surface area contributed by atoms with Gasteiger partial charge < -0.3 is 0 Å². The van der Waals surface area contributed by atoms with Crippen molar-refractivity contribution < 1.29 is 0 Å². The van der Waals surface area contributed by atoms with Crippen LogP contribution in [0.15, 0.2) is 65.6 Å². The highest BCUT2D eigenvalue weighted by Crippen LogP contribution is 2.26. The van der Waals surface area contributed by atoms with Gasteiger partial charge in [-0.2, -0.15) is 0 Å². The van der Waals surface area contributed by atoms with Crippen molar-refractivity contribution in [1.82, 2.24) is 9.55 Å². The largest absolute Gasteiger partial charge is 0.269 e. The van der Waals surface area contributed by atoms with Crippen LogP contribution in [0.2, 0.25) is 5.02 Å². The Labute approximate surface area is 127 Å². The third-order valence-corrected chi connectivity index (χ3v) is 3.60. The Morgan fingerprint density at radius 1 is 1.00 bits per heavy atom. The Kier molecular flexibility index (Phi) is 3.59. The minimum atomic E-state index is -0.153. The summed E-state index contributed by atoms with van der Waals surface area (Å²) < 4.78 is 1.56. The normalized spacial score (nSPS) is 10.6. The number of benzene rings is 2. The molecule has 104 valence electrons. The number of halogens is 1. The third-order valence-electron chi connectivity index (χ3n) is 3.29. The van der Waals surface area contributed by atoms with Crippen LogP contribution in [-0.2, 0) is 0 Å². The molecule has 0 atom stereocenters. The van der Waals surface area contributed by atoms with Crippen molar-refractivity contribution in [1.29, 1.82) is 0 Å². The Morgan fingerprint density at radius 3 is 2.48 bits per heavy atom. The molecule has 3 rings (SSSR count). The lowest BCUT2D eigenvalue weighted by atomic mass is 10.1. The van der Waals surface area contributed by atoms with Crippen LogP contribution in [0.25, 0.3) is 17.1 Å². The van der Waals surface area contributed by atoms with E-state index in [1.807, 2.05) is 49.4 Å². The van der Waals surface area contributed by atoms with E-state index in [1.54, 1.807) is 10.6 Å². The SMILES string of the molecule is Cc1cccc(Cl)c1-n1c(-c2ccccc2)nccc1=O. The van der Waals surface area contributed by atoms with Gasteiger partial charge in [0.1, 0.15) is 5.82 Å². The second-order valence-electron chi connectivity index (χ2n) is 4.71. The molecule has 2 aromatic carbocycles. The molecule has 0 saturated carbocycles. The highest BCUT2D eigenvalue weighted by Gasteiger charge is 2.14. The van der Waals surface area contributed by atoms with E-state index in [1.165, 1.54) is 12.3 Å². The molecule has 0 radical (unpaired) electrons. The van der Waals surface area contributed by atoms with Gasteiger partial charge in [-0.3, -0.25) is 9.36 Å². The average Bonchev–Trinajstić information content (AvgIpc) is 2.49. The number of nitrogens with zero attached hydrogens (tertiary/aromatic N) is 2. The summed E-state index contributed by atoms with van der Waals surface area (Å²) in [5.41, 5.74) is 2.32. The van der Waals surface area contributed by atoms with Gasteiger partial charge in [0.15, 0.2) is 0 Å². The Hall–Kier alpha value is -2.39. The summed E-state index contributed by atoms with van der Waals surface area (Å²) in [6.45, 7) is 1.93. The molecule has 0 spiro atoms. The van der Waals surface area contributed by atoms with Crippen molar-refractivity contribution in [2.45, 2.75) is 6.92 Å². The monoisotopic (exact) mass is 296 g/mol. The van der Waals surface area contributed by atoms with Gasteiger partial charge in [-0.25, -0.2) is 4.98 Å². The molecule has 3 nitrogen and oxygen atoms in total. The van der Waals surface area contributed by atoms with E-state index in [2.05, 4.69) is 4.98 Å². The molecule has 1 heterocycles. The summed E-state index contributed by atoms with van der Waals surface area (Å²) in [6, 6.07) is 16.6. The fraction of sp³-hybridized carbons (Fsp3) is 0.0588. The molecule has 0 aliphatic heterocycles. The summed E-state index contributed by atoms with van der Waals surface area (Å²) in [5.74, 6) is 0.583. The van der Waals surface area contributed by atoms with Gasteiger partial charge in [0, 0.05) is 17.8 Å². The van der Waals surface area contributed by atoms with E-state index in [9.17, 15) is 4.79 Å². The van der Waals surface area contributed by atoms with E-state index in [-0.39, 0.29) is 5.56 Å². The molecule has 0 bridgehead atoms. The molecular formula is C17H13ClN2O. The Morgan fingerprint density at radius 2 is 1.76 bits per heavy atom. The maximum absolute atomic E-state index is 12.4. The van der Waals surface area contributed by atoms with E-state index < -0.39 is 0 Å². The van der Waals surface area contributed by atoms with Crippen LogP contribution in [0.3, 0.4) is 0 Å². The third kappa shape index (κ3) is 2.48. The van der Waals surface area contributed by atoms with Crippen LogP contribution < -0.4 is 5.56 Å². The van der Waals surface area contributed by atoms with Gasteiger partial charge in [0.05, 0.1) is 10.7 Å². The van der Waals surface area contributed by atoms with Crippen molar-refractivity contribution >= 4 is 11.6 Å². The predicted molar refractivity (Wildman–Crippen MR) is 85.0 cm³/mol. The maximum atomic E-state index is 12.4. The zero-order valence-corrected chi connectivity index (χ0v) is 12.2. The van der Waals surface area contributed by atoms with Crippen molar-refractivity contribution in [3.05, 3.63) is 81.7 Å². The predicted octanol–water partition coefficient (Wildman–Crippen LogP) is 3.86. The molecule has 0 aliphatic carbocycles. The summed E-state index contributed by atoms with van der Waals surface area (Å²) in [4.78, 5) is 16.8. The molecule has 4 heteroatoms. The number of hydrogen-bond acceptors (Lipinski definition) is 2. The maximum Gasteiger partial charge on any atom is 0.258 e. The molecular weight excluding hydrogens is 284 g/mol. The smallest absolute Gasteiger partial charge is 0.258 e. The number of aromatic nitrogens is 2. The fourth-order valence-corrected chi connectivity index (χ4v) is 2.63. The zero-order valence-electron chi connectivity index (χ0n) is 11.5. The Balaban J connectivity index is 2.36. The lowest BCUT2D eigenvalue weighted by Gasteiger charge is -2.15. The average molecular weight is 297 g/mol. The van der Waals surface area contributed by atoms with Crippen LogP contribution in [-0.4, -0.2) is 9.55 Å². The quantitative estimate of drug-likeness (QED) is 0.720. The van der Waals surface area contributed by atoms with Gasteiger partial charge in [-0.1, -0.05) is 54.1 Å². The van der Waals surface area contributed by atoms with Crippen LogP contribution in [0.4, 0.5) is 0 Å². The number of para-hydroxylation sites is 1. The van der Waals surface area contributed by atoms with Crippen molar-refractivity contribution in [3.63, 3.8) is 0 Å². The standard InChI is InChI=1S/C17H13ClN2O/c1-12-6-5-9-14(18)16(12)20-15(21)10-11-19-17(20)13-7-3-2-4-8-13/h2-11H,1H3. The van der Waals surface area contributed by atoms with E-state index in [0.29, 0.717) is 16.5 Å². The first-order valence-corrected chi connectivity index (χ1v) is 6.95. The van der Waals surface area contributed by atoms with Gasteiger partial charge >= 0.3 is 0 Å². The molecule has 1 aromatic heterocycles. The van der Waals surface area contributed by atoms with Crippen molar-refractivity contribution in [3.8, 4) is 17.1 Å². The van der Waals surface area contributed by atoms with Crippen LogP contribution in [0.5, 0.6) is 0 Å². The minimum Gasteiger partial charge on any atom is -0.269 e. The molecule has 0 N–H and O–H groups in total. The molecule has 0 unspecified atom stereocenters. The van der Waals surface area contributed by atoms with Crippen LogP contribution >= 0.6 is 11.6 Å². The lowest BCUT2D eigenvalue weighted by Crippen LogP contribution is -2.21. The van der Waals surface area contributed by atoms with Gasteiger partial charge in [0.2, 0.25) is 0 Å². The summed E-state index contributed by atoms with van der Waals surface area (Å²) in [7, 11) is 0. The molecule has 0 fully saturated rings. The topological polar surface area (TPSA) is 34.9 Å². The second-order valence-corrected chi connectivity index (χ2v) is 5.12. The van der Waals surface area contributed by atoms with Gasteiger partial charge in [-0.15, -0.1) is 0 Å². The first-order valence-electron chi connectivity index (χ1n) is 6.57. The molecule has 3 aromatic rings. The van der Waals surface area contributed by atoms with Gasteiger partial charge in [0.25, 0.3) is 5.56 Å². The summed E-state index contributed by atoms with van der Waals surface area (Å²) >= 11 is 6.31. The molecule has 0 aliphatic rings. The van der Waals surface area contributed by atoms with Gasteiger partial charge in [-0.05, 0) is 18.6 Å². The van der Waals surface area contributed by atoms with Crippen molar-refractivity contribution in [2.75, 3.05) is 0 Å². The second kappa shape index (κ2) is 5.54.